The zero-order valence-electron chi connectivity index (χ0n) is 24.2. The number of carbonyl (C=O) groups excluding carboxylic acids is 1. The third-order valence-corrected chi connectivity index (χ3v) is 19.6. The number of hydrogen-bond acceptors (Lipinski definition) is 3. The molecule has 0 bridgehead atoms. The van der Waals surface area contributed by atoms with Crippen LogP contribution >= 0.6 is 0 Å². The number of hydrogen-bond donors (Lipinski definition) is 0. The Hall–Kier alpha value is -0.656. The Balaban J connectivity index is 2.08. The molecule has 0 aromatic rings. The summed E-state index contributed by atoms with van der Waals surface area (Å²) in [5.41, 5.74) is -0.403. The largest absolute Gasteiger partial charge is 0.547 e. The van der Waals surface area contributed by atoms with Crippen LogP contribution in [0.5, 0.6) is 0 Å². The molecule has 0 unspecified atom stereocenters. The molecule has 194 valence electrons. The van der Waals surface area contributed by atoms with Gasteiger partial charge in [-0.25, -0.2) is 0 Å². The minimum Gasteiger partial charge on any atom is -0.547 e. The van der Waals surface area contributed by atoms with Crippen LogP contribution in [0, 0.1) is 28.6 Å². The molecule has 5 heteroatoms. The van der Waals surface area contributed by atoms with Gasteiger partial charge in [0.2, 0.25) is 8.32 Å². The van der Waals surface area contributed by atoms with Crippen molar-refractivity contribution in [3.05, 3.63) is 24.0 Å². The van der Waals surface area contributed by atoms with E-state index in [4.69, 9.17) is 8.85 Å². The van der Waals surface area contributed by atoms with Crippen molar-refractivity contribution >= 4 is 22.9 Å². The lowest BCUT2D eigenvalue weighted by Gasteiger charge is -2.63. The molecule has 0 spiro atoms. The monoisotopic (exact) mass is 504 g/mol. The van der Waals surface area contributed by atoms with Crippen LogP contribution < -0.4 is 0 Å². The molecule has 0 aromatic carbocycles. The third kappa shape index (κ3) is 4.58. The van der Waals surface area contributed by atoms with Gasteiger partial charge in [0.25, 0.3) is 0 Å². The summed E-state index contributed by atoms with van der Waals surface area (Å²) in [6, 6.07) is 0. The average Bonchev–Trinajstić information content (AvgIpc) is 2.67. The van der Waals surface area contributed by atoms with Gasteiger partial charge < -0.3 is 13.6 Å². The summed E-state index contributed by atoms with van der Waals surface area (Å²) < 4.78 is 14.0. The van der Waals surface area contributed by atoms with Gasteiger partial charge in [0, 0.05) is 6.42 Å². The quantitative estimate of drug-likeness (QED) is 0.214. The maximum atomic E-state index is 13.3. The van der Waals surface area contributed by atoms with Crippen LogP contribution in [0.4, 0.5) is 0 Å². The standard InChI is InChI=1S/C29H52O3Si2/c1-21-14-13-17-28(8)23(21)18-25(32-34(11,12)27(5,6)7)29(20-30)19-22(15-16-24(28)29)31-33(9,10)26(2,3)4/h13-15,20-21,23-25H,16-19H2,1-12H3/t21-,23+,24-,25-,28+,29-/m1/s1. The fraction of sp³-hybridized carbons (Fsp3) is 0.828. The first kappa shape index (κ1) is 27.9. The first-order valence-corrected chi connectivity index (χ1v) is 19.3. The first-order chi connectivity index (χ1) is 15.3. The van der Waals surface area contributed by atoms with E-state index in [0.717, 1.165) is 25.0 Å². The van der Waals surface area contributed by atoms with Crippen LogP contribution in [0.3, 0.4) is 0 Å². The number of fused-ring (bicyclic) bond motifs is 3. The average molecular weight is 505 g/mol. The zero-order valence-corrected chi connectivity index (χ0v) is 26.2. The molecule has 34 heavy (non-hydrogen) atoms. The second-order valence-corrected chi connectivity index (χ2v) is 24.4. The molecule has 0 heterocycles. The molecular weight excluding hydrogens is 452 g/mol. The fourth-order valence-electron chi connectivity index (χ4n) is 6.39. The lowest BCUT2D eigenvalue weighted by Crippen LogP contribution is -2.63. The molecule has 1 saturated carbocycles. The van der Waals surface area contributed by atoms with Gasteiger partial charge in [0.05, 0.1) is 17.3 Å². The molecule has 0 N–H and O–H groups in total. The Morgan fingerprint density at radius 2 is 1.62 bits per heavy atom. The van der Waals surface area contributed by atoms with Gasteiger partial charge in [-0.1, -0.05) is 67.5 Å². The Labute approximate surface area is 212 Å². The molecule has 3 aliphatic rings. The van der Waals surface area contributed by atoms with Crippen LogP contribution in [0.2, 0.25) is 36.3 Å². The highest BCUT2D eigenvalue weighted by Gasteiger charge is 2.63. The smallest absolute Gasteiger partial charge is 0.250 e. The molecule has 0 saturated heterocycles. The van der Waals surface area contributed by atoms with Crippen LogP contribution in [0.15, 0.2) is 24.0 Å². The van der Waals surface area contributed by atoms with E-state index in [1.807, 2.05) is 0 Å². The van der Waals surface area contributed by atoms with Gasteiger partial charge in [-0.05, 0) is 84.8 Å². The Bertz CT molecular complexity index is 844. The summed E-state index contributed by atoms with van der Waals surface area (Å²) in [7, 11) is -4.05. The van der Waals surface area contributed by atoms with E-state index < -0.39 is 22.0 Å². The highest BCUT2D eigenvalue weighted by atomic mass is 28.4. The maximum Gasteiger partial charge on any atom is 0.250 e. The van der Waals surface area contributed by atoms with Crippen LogP contribution in [-0.2, 0) is 13.6 Å². The molecule has 0 amide bonds. The van der Waals surface area contributed by atoms with E-state index in [1.54, 1.807) is 0 Å². The van der Waals surface area contributed by atoms with Crippen molar-refractivity contribution in [3.8, 4) is 0 Å². The van der Waals surface area contributed by atoms with Gasteiger partial charge >= 0.3 is 0 Å². The predicted molar refractivity (Wildman–Crippen MR) is 149 cm³/mol. The second kappa shape index (κ2) is 8.73. The number of carbonyl (C=O) groups is 1. The Morgan fingerprint density at radius 3 is 2.15 bits per heavy atom. The highest BCUT2D eigenvalue weighted by molar-refractivity contribution is 6.74. The van der Waals surface area contributed by atoms with Crippen molar-refractivity contribution in [2.45, 2.75) is 123 Å². The summed E-state index contributed by atoms with van der Waals surface area (Å²) in [6.07, 6.45) is 12.0. The molecule has 1 fully saturated rings. The lowest BCUT2D eigenvalue weighted by atomic mass is 9.44. The van der Waals surface area contributed by atoms with Gasteiger partial charge in [-0.3, -0.25) is 0 Å². The van der Waals surface area contributed by atoms with E-state index in [0.29, 0.717) is 18.3 Å². The molecule has 3 rings (SSSR count). The summed E-state index contributed by atoms with van der Waals surface area (Å²) in [6.45, 7) is 27.9. The Kier molecular flexibility index (Phi) is 7.17. The second-order valence-electron chi connectivity index (χ2n) is 14.9. The van der Waals surface area contributed by atoms with E-state index in [-0.39, 0.29) is 27.5 Å². The van der Waals surface area contributed by atoms with E-state index in [2.05, 4.69) is 99.8 Å². The topological polar surface area (TPSA) is 35.5 Å². The van der Waals surface area contributed by atoms with Crippen LogP contribution in [0.25, 0.3) is 0 Å². The van der Waals surface area contributed by atoms with Crippen molar-refractivity contribution in [1.82, 2.24) is 0 Å². The minimum atomic E-state index is -2.06. The summed E-state index contributed by atoms with van der Waals surface area (Å²) in [5.74, 6) is 2.38. The molecule has 3 nitrogen and oxygen atoms in total. The van der Waals surface area contributed by atoms with E-state index in [9.17, 15) is 4.79 Å². The van der Waals surface area contributed by atoms with Gasteiger partial charge in [0.15, 0.2) is 8.32 Å². The molecule has 3 aliphatic carbocycles. The fourth-order valence-corrected chi connectivity index (χ4v) is 8.89. The minimum absolute atomic E-state index is 0.0466. The van der Waals surface area contributed by atoms with Gasteiger partial charge in [-0.15, -0.1) is 0 Å². The van der Waals surface area contributed by atoms with E-state index >= 15 is 0 Å². The van der Waals surface area contributed by atoms with Crippen molar-refractivity contribution < 1.29 is 13.6 Å². The van der Waals surface area contributed by atoms with E-state index in [1.165, 1.54) is 6.29 Å². The van der Waals surface area contributed by atoms with Crippen molar-refractivity contribution in [3.63, 3.8) is 0 Å². The molecular formula is C29H52O3Si2. The van der Waals surface area contributed by atoms with Gasteiger partial charge in [0.1, 0.15) is 6.29 Å². The van der Waals surface area contributed by atoms with Crippen molar-refractivity contribution in [2.24, 2.45) is 28.6 Å². The summed E-state index contributed by atoms with van der Waals surface area (Å²) >= 11 is 0. The maximum absolute atomic E-state index is 13.3. The van der Waals surface area contributed by atoms with Crippen LogP contribution in [-0.4, -0.2) is 29.0 Å². The number of allylic oxidation sites excluding steroid dienone is 4. The number of rotatable bonds is 5. The third-order valence-electron chi connectivity index (χ3n) is 10.7. The molecule has 6 atom stereocenters. The molecule has 0 aromatic heterocycles. The number of aldehydes is 1. The molecule has 0 aliphatic heterocycles. The summed E-state index contributed by atoms with van der Waals surface area (Å²) in [4.78, 5) is 13.3. The lowest BCUT2D eigenvalue weighted by molar-refractivity contribution is -0.163. The van der Waals surface area contributed by atoms with Crippen molar-refractivity contribution in [2.75, 3.05) is 0 Å². The van der Waals surface area contributed by atoms with Crippen molar-refractivity contribution in [1.29, 1.82) is 0 Å². The Morgan fingerprint density at radius 1 is 1.03 bits per heavy atom. The van der Waals surface area contributed by atoms with Gasteiger partial charge in [-0.2, -0.15) is 0 Å². The highest BCUT2D eigenvalue weighted by Crippen LogP contribution is 2.64. The SMILES string of the molecule is C[C@@H]1C=CC[C@]2(C)[C@H]3CC=C(O[Si](C)(C)C(C)(C)C)C[C@]3(C=O)[C@H](O[Si](C)(C)C(C)(C)C)C[C@@H]12. The zero-order chi connectivity index (χ0) is 26.0. The van der Waals surface area contributed by atoms with Crippen LogP contribution in [0.1, 0.15) is 81.1 Å². The summed E-state index contributed by atoms with van der Waals surface area (Å²) in [5, 5.41) is 0.236. The normalized spacial score (nSPS) is 36.9. The predicted octanol–water partition coefficient (Wildman–Crippen LogP) is 8.50. The molecule has 0 radical (unpaired) electrons. The first-order valence-electron chi connectivity index (χ1n) is 13.5.